The van der Waals surface area contributed by atoms with E-state index in [2.05, 4.69) is 0 Å². The molecule has 0 radical (unpaired) electrons. The van der Waals surface area contributed by atoms with Crippen LogP contribution in [0, 0.1) is 5.82 Å². The third kappa shape index (κ3) is 4.21. The monoisotopic (exact) mass is 327 g/mol. The zero-order chi connectivity index (χ0) is 17.0. The molecule has 0 fully saturated rings. The standard InChI is InChI=1S/C16H13F4NO2/c1-23-13-8-4-10(5-9-13)14(16(18,19)20)21-15(22)11-2-6-12(17)7-3-11/h2-9,14H,1H3,(H,21,22). The number of ether oxygens (including phenoxy) is 1. The fourth-order valence-electron chi connectivity index (χ4n) is 1.97. The van der Waals surface area contributed by atoms with Gasteiger partial charge in [-0.25, -0.2) is 4.39 Å². The first-order chi connectivity index (χ1) is 10.8. The number of carbonyl (C=O) groups excluding carboxylic acids is 1. The highest BCUT2D eigenvalue weighted by Gasteiger charge is 2.42. The molecule has 0 heterocycles. The van der Waals surface area contributed by atoms with Crippen molar-refractivity contribution in [2.24, 2.45) is 0 Å². The number of benzene rings is 2. The molecule has 1 N–H and O–H groups in total. The lowest BCUT2D eigenvalue weighted by Crippen LogP contribution is -2.38. The van der Waals surface area contributed by atoms with E-state index < -0.39 is 23.9 Å². The van der Waals surface area contributed by atoms with E-state index in [0.29, 0.717) is 5.75 Å². The van der Waals surface area contributed by atoms with E-state index in [1.807, 2.05) is 5.32 Å². The Labute approximate surface area is 129 Å². The molecule has 0 aliphatic carbocycles. The second-order valence-corrected chi connectivity index (χ2v) is 4.73. The van der Waals surface area contributed by atoms with Gasteiger partial charge in [0.1, 0.15) is 11.6 Å². The molecule has 0 spiro atoms. The fraction of sp³-hybridized carbons (Fsp3) is 0.188. The van der Waals surface area contributed by atoms with Crippen molar-refractivity contribution in [2.45, 2.75) is 12.2 Å². The first-order valence-corrected chi connectivity index (χ1v) is 6.58. The molecule has 2 aromatic rings. The van der Waals surface area contributed by atoms with Crippen molar-refractivity contribution in [3.63, 3.8) is 0 Å². The number of rotatable bonds is 4. The summed E-state index contributed by atoms with van der Waals surface area (Å²) in [7, 11) is 1.40. The van der Waals surface area contributed by atoms with E-state index in [-0.39, 0.29) is 11.1 Å². The van der Waals surface area contributed by atoms with Gasteiger partial charge in [-0.1, -0.05) is 12.1 Å². The van der Waals surface area contributed by atoms with E-state index in [4.69, 9.17) is 4.74 Å². The van der Waals surface area contributed by atoms with Crippen molar-refractivity contribution >= 4 is 5.91 Å². The topological polar surface area (TPSA) is 38.3 Å². The molecule has 0 saturated carbocycles. The number of amides is 1. The van der Waals surface area contributed by atoms with E-state index in [1.54, 1.807) is 0 Å². The van der Waals surface area contributed by atoms with E-state index >= 15 is 0 Å². The van der Waals surface area contributed by atoms with Gasteiger partial charge in [0, 0.05) is 5.56 Å². The number of alkyl halides is 3. The zero-order valence-corrected chi connectivity index (χ0v) is 12.0. The van der Waals surface area contributed by atoms with E-state index in [0.717, 1.165) is 24.3 Å². The Balaban J connectivity index is 2.25. The van der Waals surface area contributed by atoms with Gasteiger partial charge >= 0.3 is 6.18 Å². The smallest absolute Gasteiger partial charge is 0.412 e. The molecule has 3 nitrogen and oxygen atoms in total. The minimum atomic E-state index is -4.68. The predicted molar refractivity (Wildman–Crippen MR) is 75.7 cm³/mol. The minimum absolute atomic E-state index is 0.0610. The van der Waals surface area contributed by atoms with Crippen LogP contribution in [0.5, 0.6) is 5.75 Å². The zero-order valence-electron chi connectivity index (χ0n) is 12.0. The molecule has 23 heavy (non-hydrogen) atoms. The van der Waals surface area contributed by atoms with Crippen LogP contribution in [0.2, 0.25) is 0 Å². The third-order valence-corrected chi connectivity index (χ3v) is 3.16. The third-order valence-electron chi connectivity index (χ3n) is 3.16. The normalized spacial score (nSPS) is 12.6. The van der Waals surface area contributed by atoms with Crippen LogP contribution in [0.25, 0.3) is 0 Å². The van der Waals surface area contributed by atoms with Gasteiger partial charge < -0.3 is 10.1 Å². The molecular weight excluding hydrogens is 314 g/mol. The largest absolute Gasteiger partial charge is 0.497 e. The summed E-state index contributed by atoms with van der Waals surface area (Å²) in [5.74, 6) is -1.12. The predicted octanol–water partition coefficient (Wildman–Crippen LogP) is 3.87. The summed E-state index contributed by atoms with van der Waals surface area (Å²) in [6.45, 7) is 0. The van der Waals surface area contributed by atoms with Gasteiger partial charge in [-0.05, 0) is 42.0 Å². The van der Waals surface area contributed by atoms with Crippen molar-refractivity contribution in [1.82, 2.24) is 5.32 Å². The molecule has 2 aromatic carbocycles. The van der Waals surface area contributed by atoms with Crippen LogP contribution < -0.4 is 10.1 Å². The maximum atomic E-state index is 13.2. The lowest BCUT2D eigenvalue weighted by atomic mass is 10.1. The SMILES string of the molecule is COc1ccc(C(NC(=O)c2ccc(F)cc2)C(F)(F)F)cc1. The van der Waals surface area contributed by atoms with Crippen LogP contribution in [0.15, 0.2) is 48.5 Å². The second kappa shape index (κ2) is 6.68. The van der Waals surface area contributed by atoms with Crippen LogP contribution in [0.4, 0.5) is 17.6 Å². The van der Waals surface area contributed by atoms with Crippen LogP contribution in [-0.4, -0.2) is 19.2 Å². The molecule has 0 bridgehead atoms. The molecule has 1 atom stereocenters. The van der Waals surface area contributed by atoms with Gasteiger partial charge in [0.05, 0.1) is 7.11 Å². The summed E-state index contributed by atoms with van der Waals surface area (Å²) in [5.41, 5.74) is -0.192. The second-order valence-electron chi connectivity index (χ2n) is 4.73. The average molecular weight is 327 g/mol. The van der Waals surface area contributed by atoms with Crippen LogP contribution in [0.1, 0.15) is 22.0 Å². The summed E-state index contributed by atoms with van der Waals surface area (Å²) in [4.78, 5) is 12.0. The highest BCUT2D eigenvalue weighted by Crippen LogP contribution is 2.33. The summed E-state index contributed by atoms with van der Waals surface area (Å²) in [6.07, 6.45) is -4.68. The molecular formula is C16H13F4NO2. The summed E-state index contributed by atoms with van der Waals surface area (Å²) >= 11 is 0. The number of methoxy groups -OCH3 is 1. The summed E-state index contributed by atoms with van der Waals surface area (Å²) < 4.78 is 57.4. The Bertz CT molecular complexity index is 666. The van der Waals surface area contributed by atoms with Crippen molar-refractivity contribution in [3.8, 4) is 5.75 Å². The Kier molecular flexibility index (Phi) is 4.88. The number of hydrogen-bond acceptors (Lipinski definition) is 2. The number of halogens is 4. The molecule has 1 unspecified atom stereocenters. The number of nitrogens with one attached hydrogen (secondary N) is 1. The molecule has 0 saturated heterocycles. The number of carbonyl (C=O) groups is 1. The molecule has 2 rings (SSSR count). The van der Waals surface area contributed by atoms with Gasteiger partial charge in [-0.2, -0.15) is 13.2 Å². The molecule has 7 heteroatoms. The highest BCUT2D eigenvalue weighted by atomic mass is 19.4. The minimum Gasteiger partial charge on any atom is -0.497 e. The molecule has 122 valence electrons. The summed E-state index contributed by atoms with van der Waals surface area (Å²) in [6, 6.07) is 7.26. The molecule has 0 aromatic heterocycles. The Morgan fingerprint density at radius 1 is 1.04 bits per heavy atom. The first-order valence-electron chi connectivity index (χ1n) is 6.58. The maximum Gasteiger partial charge on any atom is 0.412 e. The van der Waals surface area contributed by atoms with Gasteiger partial charge in [0.25, 0.3) is 5.91 Å². The van der Waals surface area contributed by atoms with E-state index in [1.165, 1.54) is 31.4 Å². The van der Waals surface area contributed by atoms with Crippen molar-refractivity contribution < 1.29 is 27.1 Å². The van der Waals surface area contributed by atoms with Crippen LogP contribution in [0.3, 0.4) is 0 Å². The van der Waals surface area contributed by atoms with Crippen molar-refractivity contribution in [2.75, 3.05) is 7.11 Å². The van der Waals surface area contributed by atoms with Crippen molar-refractivity contribution in [3.05, 3.63) is 65.5 Å². The highest BCUT2D eigenvalue weighted by molar-refractivity contribution is 5.94. The quantitative estimate of drug-likeness (QED) is 0.866. The maximum absolute atomic E-state index is 13.2. The average Bonchev–Trinajstić information content (AvgIpc) is 2.52. The fourth-order valence-corrected chi connectivity index (χ4v) is 1.97. The Hall–Kier alpha value is -2.57. The molecule has 0 aliphatic rings. The van der Waals surface area contributed by atoms with Crippen LogP contribution >= 0.6 is 0 Å². The van der Waals surface area contributed by atoms with Crippen molar-refractivity contribution in [1.29, 1.82) is 0 Å². The van der Waals surface area contributed by atoms with Gasteiger partial charge in [0.2, 0.25) is 0 Å². The van der Waals surface area contributed by atoms with Gasteiger partial charge in [0.15, 0.2) is 6.04 Å². The van der Waals surface area contributed by atoms with Gasteiger partial charge in [-0.3, -0.25) is 4.79 Å². The lowest BCUT2D eigenvalue weighted by molar-refractivity contribution is -0.155. The molecule has 0 aliphatic heterocycles. The first kappa shape index (κ1) is 16.8. The number of hydrogen-bond donors (Lipinski definition) is 1. The Morgan fingerprint density at radius 2 is 1.61 bits per heavy atom. The lowest BCUT2D eigenvalue weighted by Gasteiger charge is -2.22. The molecule has 1 amide bonds. The van der Waals surface area contributed by atoms with Gasteiger partial charge in [-0.15, -0.1) is 0 Å². The van der Waals surface area contributed by atoms with E-state index in [9.17, 15) is 22.4 Å². The summed E-state index contributed by atoms with van der Waals surface area (Å²) in [5, 5.41) is 1.92. The Morgan fingerprint density at radius 3 is 2.09 bits per heavy atom. The van der Waals surface area contributed by atoms with Crippen LogP contribution in [-0.2, 0) is 0 Å².